The molecule has 120 valence electrons. The standard InChI is InChI=1S/C15H24BrNO4/c1-18-9-7-17(8-10-19-2)11-12-5-6-13(20-3)15(21-4)14(12)16/h5-6H,7-11H2,1-4H3. The topological polar surface area (TPSA) is 40.2 Å². The predicted molar refractivity (Wildman–Crippen MR) is 86.3 cm³/mol. The lowest BCUT2D eigenvalue weighted by Gasteiger charge is -2.23. The van der Waals surface area contributed by atoms with Gasteiger partial charge in [0.2, 0.25) is 0 Å². The van der Waals surface area contributed by atoms with Gasteiger partial charge in [0.15, 0.2) is 11.5 Å². The van der Waals surface area contributed by atoms with Gasteiger partial charge in [-0.3, -0.25) is 4.90 Å². The first kappa shape index (κ1) is 18.2. The second kappa shape index (κ2) is 10.00. The summed E-state index contributed by atoms with van der Waals surface area (Å²) >= 11 is 3.60. The van der Waals surface area contributed by atoms with Gasteiger partial charge >= 0.3 is 0 Å². The molecule has 0 aromatic heterocycles. The van der Waals surface area contributed by atoms with Crippen molar-refractivity contribution in [3.63, 3.8) is 0 Å². The first-order valence-corrected chi connectivity index (χ1v) is 7.56. The molecule has 0 atom stereocenters. The number of methoxy groups -OCH3 is 4. The fourth-order valence-corrected chi connectivity index (χ4v) is 2.62. The highest BCUT2D eigenvalue weighted by molar-refractivity contribution is 9.10. The van der Waals surface area contributed by atoms with E-state index in [0.29, 0.717) is 24.7 Å². The molecule has 0 heterocycles. The molecule has 1 aromatic carbocycles. The lowest BCUT2D eigenvalue weighted by Crippen LogP contribution is -2.30. The van der Waals surface area contributed by atoms with Gasteiger partial charge in [-0.2, -0.15) is 0 Å². The highest BCUT2D eigenvalue weighted by Gasteiger charge is 2.15. The van der Waals surface area contributed by atoms with Crippen molar-refractivity contribution >= 4 is 15.9 Å². The Bertz CT molecular complexity index is 420. The van der Waals surface area contributed by atoms with Crippen LogP contribution < -0.4 is 9.47 Å². The molecule has 5 nitrogen and oxygen atoms in total. The van der Waals surface area contributed by atoms with Crippen molar-refractivity contribution in [3.8, 4) is 11.5 Å². The van der Waals surface area contributed by atoms with Gasteiger partial charge in [-0.15, -0.1) is 0 Å². The summed E-state index contributed by atoms with van der Waals surface area (Å²) < 4.78 is 22.0. The van der Waals surface area contributed by atoms with Crippen molar-refractivity contribution in [1.29, 1.82) is 0 Å². The summed E-state index contributed by atoms with van der Waals surface area (Å²) in [6, 6.07) is 3.96. The average Bonchev–Trinajstić information content (AvgIpc) is 2.51. The van der Waals surface area contributed by atoms with Crippen LogP contribution in [0, 0.1) is 0 Å². The van der Waals surface area contributed by atoms with E-state index < -0.39 is 0 Å². The van der Waals surface area contributed by atoms with Crippen LogP contribution in [0.15, 0.2) is 16.6 Å². The highest BCUT2D eigenvalue weighted by atomic mass is 79.9. The molecule has 1 rings (SSSR count). The van der Waals surface area contributed by atoms with Gasteiger partial charge in [0, 0.05) is 33.9 Å². The molecule has 0 unspecified atom stereocenters. The van der Waals surface area contributed by atoms with E-state index in [1.165, 1.54) is 0 Å². The van der Waals surface area contributed by atoms with E-state index in [1.807, 2.05) is 12.1 Å². The van der Waals surface area contributed by atoms with Gasteiger partial charge in [-0.05, 0) is 27.6 Å². The third-order valence-electron chi connectivity index (χ3n) is 3.18. The van der Waals surface area contributed by atoms with Crippen LogP contribution in [0.3, 0.4) is 0 Å². The molecular weight excluding hydrogens is 338 g/mol. The Morgan fingerprint density at radius 1 is 0.952 bits per heavy atom. The highest BCUT2D eigenvalue weighted by Crippen LogP contribution is 2.37. The largest absolute Gasteiger partial charge is 0.493 e. The molecular formula is C15H24BrNO4. The maximum absolute atomic E-state index is 5.41. The minimum Gasteiger partial charge on any atom is -0.493 e. The van der Waals surface area contributed by atoms with Gasteiger partial charge in [-0.25, -0.2) is 0 Å². The van der Waals surface area contributed by atoms with E-state index in [1.54, 1.807) is 28.4 Å². The van der Waals surface area contributed by atoms with Crippen LogP contribution in [0.2, 0.25) is 0 Å². The van der Waals surface area contributed by atoms with Crippen molar-refractivity contribution in [2.24, 2.45) is 0 Å². The first-order chi connectivity index (χ1) is 10.2. The number of halogens is 1. The molecule has 0 fully saturated rings. The zero-order valence-corrected chi connectivity index (χ0v) is 14.7. The summed E-state index contributed by atoms with van der Waals surface area (Å²) in [6.07, 6.45) is 0. The molecule has 0 radical (unpaired) electrons. The van der Waals surface area contributed by atoms with E-state index >= 15 is 0 Å². The number of hydrogen-bond acceptors (Lipinski definition) is 5. The van der Waals surface area contributed by atoms with Crippen LogP contribution in [0.25, 0.3) is 0 Å². The Kier molecular flexibility index (Phi) is 8.68. The molecule has 0 N–H and O–H groups in total. The monoisotopic (exact) mass is 361 g/mol. The Morgan fingerprint density at radius 2 is 1.57 bits per heavy atom. The average molecular weight is 362 g/mol. The molecule has 6 heteroatoms. The summed E-state index contributed by atoms with van der Waals surface area (Å²) in [5.41, 5.74) is 1.14. The fourth-order valence-electron chi connectivity index (χ4n) is 2.00. The molecule has 21 heavy (non-hydrogen) atoms. The maximum atomic E-state index is 5.41. The van der Waals surface area contributed by atoms with Crippen LogP contribution in [-0.2, 0) is 16.0 Å². The Balaban J connectivity index is 2.86. The summed E-state index contributed by atoms with van der Waals surface area (Å²) in [5, 5.41) is 0. The zero-order chi connectivity index (χ0) is 15.7. The SMILES string of the molecule is COCCN(CCOC)Cc1ccc(OC)c(OC)c1Br. The normalized spacial score (nSPS) is 11.0. The molecule has 0 amide bonds. The molecule has 0 aliphatic heterocycles. The molecule has 0 aliphatic carbocycles. The molecule has 1 aromatic rings. The fraction of sp³-hybridized carbons (Fsp3) is 0.600. The van der Waals surface area contributed by atoms with Crippen molar-refractivity contribution in [2.45, 2.75) is 6.54 Å². The molecule has 0 saturated carbocycles. The predicted octanol–water partition coefficient (Wildman–Crippen LogP) is 2.56. The van der Waals surface area contributed by atoms with E-state index in [-0.39, 0.29) is 0 Å². The van der Waals surface area contributed by atoms with Crippen molar-refractivity contribution in [1.82, 2.24) is 4.90 Å². The summed E-state index contributed by atoms with van der Waals surface area (Å²) in [4.78, 5) is 2.28. The lowest BCUT2D eigenvalue weighted by atomic mass is 10.2. The second-order valence-corrected chi connectivity index (χ2v) is 5.33. The van der Waals surface area contributed by atoms with Gasteiger partial charge in [0.1, 0.15) is 0 Å². The smallest absolute Gasteiger partial charge is 0.175 e. The van der Waals surface area contributed by atoms with Crippen LogP contribution in [0.5, 0.6) is 11.5 Å². The molecule has 0 spiro atoms. The molecule has 0 aliphatic rings. The maximum Gasteiger partial charge on any atom is 0.175 e. The Hall–Kier alpha value is -0.820. The molecule has 0 bridgehead atoms. The zero-order valence-electron chi connectivity index (χ0n) is 13.1. The minimum absolute atomic E-state index is 0.689. The Labute approximate surface area is 135 Å². The lowest BCUT2D eigenvalue weighted by molar-refractivity contribution is 0.110. The van der Waals surface area contributed by atoms with Gasteiger partial charge in [-0.1, -0.05) is 6.07 Å². The third kappa shape index (κ3) is 5.47. The van der Waals surface area contributed by atoms with Crippen molar-refractivity contribution in [2.75, 3.05) is 54.7 Å². The van der Waals surface area contributed by atoms with Crippen molar-refractivity contribution < 1.29 is 18.9 Å². The van der Waals surface area contributed by atoms with E-state index in [9.17, 15) is 0 Å². The molecule has 0 saturated heterocycles. The van der Waals surface area contributed by atoms with Gasteiger partial charge in [0.05, 0.1) is 31.9 Å². The van der Waals surface area contributed by atoms with Gasteiger partial charge in [0.25, 0.3) is 0 Å². The van der Waals surface area contributed by atoms with Crippen LogP contribution in [0.1, 0.15) is 5.56 Å². The van der Waals surface area contributed by atoms with Gasteiger partial charge < -0.3 is 18.9 Å². The summed E-state index contributed by atoms with van der Waals surface area (Å²) in [6.45, 7) is 3.86. The van der Waals surface area contributed by atoms with Crippen molar-refractivity contribution in [3.05, 3.63) is 22.2 Å². The summed E-state index contributed by atoms with van der Waals surface area (Å²) in [7, 11) is 6.69. The first-order valence-electron chi connectivity index (χ1n) is 6.77. The number of nitrogens with zero attached hydrogens (tertiary/aromatic N) is 1. The number of ether oxygens (including phenoxy) is 4. The van der Waals surface area contributed by atoms with E-state index in [4.69, 9.17) is 18.9 Å². The van der Waals surface area contributed by atoms with E-state index in [2.05, 4.69) is 20.8 Å². The third-order valence-corrected chi connectivity index (χ3v) is 4.05. The number of hydrogen-bond donors (Lipinski definition) is 0. The number of benzene rings is 1. The van der Waals surface area contributed by atoms with Crippen LogP contribution in [-0.4, -0.2) is 59.6 Å². The van der Waals surface area contributed by atoms with Crippen LogP contribution >= 0.6 is 15.9 Å². The van der Waals surface area contributed by atoms with Crippen LogP contribution in [0.4, 0.5) is 0 Å². The quantitative estimate of drug-likeness (QED) is 0.640. The number of rotatable bonds is 10. The Morgan fingerprint density at radius 3 is 2.05 bits per heavy atom. The summed E-state index contributed by atoms with van der Waals surface area (Å²) in [5.74, 6) is 1.43. The van der Waals surface area contributed by atoms with E-state index in [0.717, 1.165) is 29.7 Å². The second-order valence-electron chi connectivity index (χ2n) is 4.54. The minimum atomic E-state index is 0.689.